The molecule has 2 aromatic rings. The molecule has 0 saturated carbocycles. The second-order valence-electron chi connectivity index (χ2n) is 7.37. The summed E-state index contributed by atoms with van der Waals surface area (Å²) >= 11 is 0. The predicted molar refractivity (Wildman–Crippen MR) is 104 cm³/mol. The minimum atomic E-state index is -0.716. The number of aryl methyl sites for hydroxylation is 2. The first-order valence-corrected chi connectivity index (χ1v) is 8.96. The lowest BCUT2D eigenvalue weighted by molar-refractivity contribution is -0.142. The lowest BCUT2D eigenvalue weighted by Crippen LogP contribution is -2.29. The zero-order chi connectivity index (χ0) is 18.4. The number of hydrogen-bond acceptors (Lipinski definition) is 2. The molecular weight excluding hydrogens is 310 g/mol. The largest absolute Gasteiger partial charge is 0.481 e. The molecule has 0 aliphatic carbocycles. The summed E-state index contributed by atoms with van der Waals surface area (Å²) in [6, 6.07) is 15.1. The highest BCUT2D eigenvalue weighted by atomic mass is 16.4. The Morgan fingerprint density at radius 3 is 2.12 bits per heavy atom. The molecule has 0 fully saturated rings. The van der Waals surface area contributed by atoms with E-state index in [1.54, 1.807) is 0 Å². The van der Waals surface area contributed by atoms with Crippen molar-refractivity contribution in [1.29, 1.82) is 0 Å². The van der Waals surface area contributed by atoms with Gasteiger partial charge < -0.3 is 10.4 Å². The lowest BCUT2D eigenvalue weighted by atomic mass is 9.97. The van der Waals surface area contributed by atoms with E-state index >= 15 is 0 Å². The van der Waals surface area contributed by atoms with Crippen LogP contribution in [0.1, 0.15) is 37.0 Å². The van der Waals surface area contributed by atoms with E-state index in [0.29, 0.717) is 25.4 Å². The minimum absolute atomic E-state index is 0.324. The van der Waals surface area contributed by atoms with Crippen molar-refractivity contribution < 1.29 is 9.90 Å². The molecule has 0 aliphatic heterocycles. The van der Waals surface area contributed by atoms with Crippen molar-refractivity contribution in [2.24, 2.45) is 11.8 Å². The van der Waals surface area contributed by atoms with Crippen LogP contribution in [0.5, 0.6) is 0 Å². The monoisotopic (exact) mass is 339 g/mol. The summed E-state index contributed by atoms with van der Waals surface area (Å²) in [5.41, 5.74) is 6.15. The average molecular weight is 339 g/mol. The second-order valence-corrected chi connectivity index (χ2v) is 7.37. The molecule has 134 valence electrons. The molecule has 0 aromatic heterocycles. The molecular formula is C22H29NO2. The smallest absolute Gasteiger partial charge is 0.307 e. The first-order valence-electron chi connectivity index (χ1n) is 8.96. The van der Waals surface area contributed by atoms with Gasteiger partial charge in [0.1, 0.15) is 0 Å². The normalized spacial score (nSPS) is 12.4. The quantitative estimate of drug-likeness (QED) is 0.726. The van der Waals surface area contributed by atoms with E-state index in [9.17, 15) is 9.90 Å². The third-order valence-electron chi connectivity index (χ3n) is 4.33. The Morgan fingerprint density at radius 1 is 1.00 bits per heavy atom. The van der Waals surface area contributed by atoms with Crippen molar-refractivity contribution in [3.05, 3.63) is 59.2 Å². The summed E-state index contributed by atoms with van der Waals surface area (Å²) in [5.74, 6) is -0.652. The highest BCUT2D eigenvalue weighted by molar-refractivity contribution is 5.70. The molecule has 0 spiro atoms. The number of aliphatic carboxylic acids is 1. The van der Waals surface area contributed by atoms with Gasteiger partial charge in [-0.15, -0.1) is 0 Å². The van der Waals surface area contributed by atoms with Crippen LogP contribution in [0.4, 0.5) is 0 Å². The topological polar surface area (TPSA) is 49.3 Å². The minimum Gasteiger partial charge on any atom is -0.481 e. The molecule has 0 amide bonds. The number of carbonyl (C=O) groups is 1. The maximum atomic E-state index is 11.3. The van der Waals surface area contributed by atoms with Gasteiger partial charge in [0.15, 0.2) is 0 Å². The van der Waals surface area contributed by atoms with Crippen LogP contribution in [-0.4, -0.2) is 17.6 Å². The SMILES string of the molecule is Cc1cc(C)cc(-c2ccc(CNCC(CC(C)C)C(=O)O)cc2)c1. The Balaban J connectivity index is 1.95. The van der Waals surface area contributed by atoms with Gasteiger partial charge in [0.05, 0.1) is 5.92 Å². The van der Waals surface area contributed by atoms with Gasteiger partial charge in [0.25, 0.3) is 0 Å². The van der Waals surface area contributed by atoms with Crippen LogP contribution in [0.3, 0.4) is 0 Å². The van der Waals surface area contributed by atoms with Gasteiger partial charge in [-0.25, -0.2) is 0 Å². The van der Waals surface area contributed by atoms with Crippen molar-refractivity contribution in [3.8, 4) is 11.1 Å². The number of nitrogens with one attached hydrogen (secondary N) is 1. The third kappa shape index (κ3) is 6.02. The van der Waals surface area contributed by atoms with E-state index in [2.05, 4.69) is 75.5 Å². The van der Waals surface area contributed by atoms with E-state index in [-0.39, 0.29) is 5.92 Å². The lowest BCUT2D eigenvalue weighted by Gasteiger charge is -2.15. The Bertz CT molecular complexity index is 684. The van der Waals surface area contributed by atoms with Gasteiger partial charge in [0, 0.05) is 13.1 Å². The third-order valence-corrected chi connectivity index (χ3v) is 4.33. The number of rotatable bonds is 8. The van der Waals surface area contributed by atoms with Crippen LogP contribution >= 0.6 is 0 Å². The summed E-state index contributed by atoms with van der Waals surface area (Å²) in [5, 5.41) is 12.6. The summed E-state index contributed by atoms with van der Waals surface area (Å²) in [4.78, 5) is 11.3. The summed E-state index contributed by atoms with van der Waals surface area (Å²) < 4.78 is 0. The first-order chi connectivity index (χ1) is 11.8. The van der Waals surface area contributed by atoms with E-state index in [1.807, 2.05) is 0 Å². The van der Waals surface area contributed by atoms with Gasteiger partial charge >= 0.3 is 5.97 Å². The highest BCUT2D eigenvalue weighted by Crippen LogP contribution is 2.22. The molecule has 0 bridgehead atoms. The van der Waals surface area contributed by atoms with Crippen LogP contribution < -0.4 is 5.32 Å². The van der Waals surface area contributed by atoms with Gasteiger partial charge in [-0.3, -0.25) is 4.79 Å². The molecule has 0 heterocycles. The van der Waals surface area contributed by atoms with Crippen LogP contribution in [-0.2, 0) is 11.3 Å². The van der Waals surface area contributed by atoms with Crippen LogP contribution in [0.25, 0.3) is 11.1 Å². The Labute approximate surface area is 151 Å². The standard InChI is InChI=1S/C22H29NO2/c1-15(2)9-21(22(24)25)14-23-13-18-5-7-19(8-6-18)20-11-16(3)10-17(4)12-20/h5-8,10-12,15,21,23H,9,13-14H2,1-4H3,(H,24,25). The number of carboxylic acid groups (broad SMARTS) is 1. The van der Waals surface area contributed by atoms with Crippen LogP contribution in [0, 0.1) is 25.7 Å². The van der Waals surface area contributed by atoms with E-state index in [0.717, 1.165) is 0 Å². The zero-order valence-electron chi connectivity index (χ0n) is 15.7. The Kier molecular flexibility index (Phi) is 6.77. The predicted octanol–water partition coefficient (Wildman–Crippen LogP) is 4.81. The molecule has 0 saturated heterocycles. The molecule has 3 heteroatoms. The van der Waals surface area contributed by atoms with Crippen LogP contribution in [0.15, 0.2) is 42.5 Å². The molecule has 25 heavy (non-hydrogen) atoms. The highest BCUT2D eigenvalue weighted by Gasteiger charge is 2.18. The Hall–Kier alpha value is -2.13. The van der Waals surface area contributed by atoms with Crippen molar-refractivity contribution in [1.82, 2.24) is 5.32 Å². The fourth-order valence-electron chi connectivity index (χ4n) is 3.19. The summed E-state index contributed by atoms with van der Waals surface area (Å²) in [7, 11) is 0. The molecule has 2 aromatic carbocycles. The van der Waals surface area contributed by atoms with Crippen LogP contribution in [0.2, 0.25) is 0 Å². The second kappa shape index (κ2) is 8.82. The fourth-order valence-corrected chi connectivity index (χ4v) is 3.19. The van der Waals surface area contributed by atoms with Gasteiger partial charge in [-0.1, -0.05) is 67.4 Å². The molecule has 2 rings (SSSR count). The van der Waals surface area contributed by atoms with Gasteiger partial charge in [0.2, 0.25) is 0 Å². The maximum absolute atomic E-state index is 11.3. The molecule has 1 atom stereocenters. The van der Waals surface area contributed by atoms with E-state index < -0.39 is 5.97 Å². The average Bonchev–Trinajstić information content (AvgIpc) is 2.53. The van der Waals surface area contributed by atoms with Gasteiger partial charge in [-0.05, 0) is 42.9 Å². The number of carboxylic acids is 1. The maximum Gasteiger partial charge on any atom is 0.307 e. The molecule has 0 radical (unpaired) electrons. The van der Waals surface area contributed by atoms with Crippen molar-refractivity contribution in [3.63, 3.8) is 0 Å². The van der Waals surface area contributed by atoms with Crippen molar-refractivity contribution >= 4 is 5.97 Å². The van der Waals surface area contributed by atoms with Crippen molar-refractivity contribution in [2.45, 2.75) is 40.7 Å². The fraction of sp³-hybridized carbons (Fsp3) is 0.409. The Morgan fingerprint density at radius 2 is 1.60 bits per heavy atom. The van der Waals surface area contributed by atoms with Gasteiger partial charge in [-0.2, -0.15) is 0 Å². The summed E-state index contributed by atoms with van der Waals surface area (Å²) in [6.45, 7) is 9.54. The number of benzene rings is 2. The molecule has 2 N–H and O–H groups in total. The first kappa shape index (κ1) is 19.2. The zero-order valence-corrected chi connectivity index (χ0v) is 15.7. The van der Waals surface area contributed by atoms with Crippen molar-refractivity contribution in [2.75, 3.05) is 6.54 Å². The molecule has 3 nitrogen and oxygen atoms in total. The number of hydrogen-bond donors (Lipinski definition) is 2. The van der Waals surface area contributed by atoms with E-state index in [4.69, 9.17) is 0 Å². The molecule has 1 unspecified atom stereocenters. The molecule has 0 aliphatic rings. The summed E-state index contributed by atoms with van der Waals surface area (Å²) in [6.07, 6.45) is 0.702. The van der Waals surface area contributed by atoms with E-state index in [1.165, 1.54) is 27.8 Å².